The maximum Gasteiger partial charge on any atom is 0.329 e. The van der Waals surface area contributed by atoms with Crippen LogP contribution in [-0.4, -0.2) is 67.3 Å². The molecule has 0 rings (SSSR count). The van der Waals surface area contributed by atoms with Gasteiger partial charge in [0.05, 0.1) is 0 Å². The van der Waals surface area contributed by atoms with E-state index in [-0.39, 0.29) is 0 Å². The molecule has 0 saturated carbocycles. The molecule has 3 N–H and O–H groups in total. The molecule has 0 saturated heterocycles. The zero-order valence-corrected chi connectivity index (χ0v) is 12.8. The number of nitrogens with one attached hydrogen (secondary N) is 2. The molecule has 3 amide bonds. The predicted molar refractivity (Wildman–Crippen MR) is 77.0 cm³/mol. The summed E-state index contributed by atoms with van der Waals surface area (Å²) < 4.78 is 4.55. The van der Waals surface area contributed by atoms with Crippen molar-refractivity contribution in [3.8, 4) is 0 Å². The van der Waals surface area contributed by atoms with E-state index < -0.39 is 31.1 Å². The number of rotatable bonds is 10. The number of nitrogens with zero attached hydrogens (tertiary/aromatic N) is 1. The van der Waals surface area contributed by atoms with Gasteiger partial charge in [-0.3, -0.25) is 10.1 Å². The van der Waals surface area contributed by atoms with E-state index >= 15 is 0 Å². The van der Waals surface area contributed by atoms with E-state index in [9.17, 15) is 14.4 Å². The van der Waals surface area contributed by atoms with Crippen molar-refractivity contribution in [2.45, 2.75) is 32.7 Å². The van der Waals surface area contributed by atoms with Gasteiger partial charge >= 0.3 is 12.0 Å². The summed E-state index contributed by atoms with van der Waals surface area (Å²) in [7, 11) is 2.04. The third-order valence-corrected chi connectivity index (χ3v) is 2.82. The van der Waals surface area contributed by atoms with Crippen LogP contribution in [0.5, 0.6) is 0 Å². The molecule has 122 valence electrons. The molecule has 0 aliphatic heterocycles. The Morgan fingerprint density at radius 1 is 1.19 bits per heavy atom. The monoisotopic (exact) mass is 303 g/mol. The lowest BCUT2D eigenvalue weighted by Crippen LogP contribution is -2.41. The Bertz CT molecular complexity index is 347. The molecule has 0 fully saturated rings. The number of carbonyl (C=O) groups excluding carboxylic acids is 2. The van der Waals surface area contributed by atoms with Crippen LogP contribution >= 0.6 is 0 Å². The number of urea groups is 1. The van der Waals surface area contributed by atoms with Gasteiger partial charge in [0, 0.05) is 12.6 Å². The fraction of sp³-hybridized carbons (Fsp3) is 0.769. The number of unbranched alkanes of at least 4 members (excludes halogenated alkanes) is 1. The van der Waals surface area contributed by atoms with Gasteiger partial charge in [-0.25, -0.2) is 9.59 Å². The molecule has 0 spiro atoms. The van der Waals surface area contributed by atoms with Gasteiger partial charge in [0.1, 0.15) is 13.2 Å². The lowest BCUT2D eigenvalue weighted by Gasteiger charge is -2.20. The fourth-order valence-electron chi connectivity index (χ4n) is 1.38. The molecule has 0 heterocycles. The SMILES string of the molecule is CC(C)N(C)CCCCNC(=O)NC(=O)COCC(=O)O. The van der Waals surface area contributed by atoms with Crippen molar-refractivity contribution in [1.82, 2.24) is 15.5 Å². The maximum absolute atomic E-state index is 11.3. The fourth-order valence-corrected chi connectivity index (χ4v) is 1.38. The topological polar surface area (TPSA) is 108 Å². The van der Waals surface area contributed by atoms with Crippen LogP contribution in [0.25, 0.3) is 0 Å². The summed E-state index contributed by atoms with van der Waals surface area (Å²) in [6.07, 6.45) is 1.76. The number of carboxylic acids is 1. The molecule has 0 atom stereocenters. The lowest BCUT2D eigenvalue weighted by atomic mass is 10.2. The zero-order chi connectivity index (χ0) is 16.3. The van der Waals surface area contributed by atoms with Crippen molar-refractivity contribution >= 4 is 17.9 Å². The smallest absolute Gasteiger partial charge is 0.329 e. The number of amides is 3. The molecule has 8 heteroatoms. The van der Waals surface area contributed by atoms with Crippen LogP contribution in [-0.2, 0) is 14.3 Å². The summed E-state index contributed by atoms with van der Waals surface area (Å²) in [5.41, 5.74) is 0. The van der Waals surface area contributed by atoms with Crippen molar-refractivity contribution in [3.63, 3.8) is 0 Å². The molecule has 0 aromatic rings. The quantitative estimate of drug-likeness (QED) is 0.492. The standard InChI is InChI=1S/C13H25N3O5/c1-10(2)16(3)7-5-4-6-14-13(20)15-11(17)8-21-9-12(18)19/h10H,4-9H2,1-3H3,(H,18,19)(H2,14,15,17,20). The first-order valence-electron chi connectivity index (χ1n) is 6.90. The summed E-state index contributed by atoms with van der Waals surface area (Å²) in [5, 5.41) is 12.9. The highest BCUT2D eigenvalue weighted by molar-refractivity contribution is 5.94. The van der Waals surface area contributed by atoms with Crippen LogP contribution in [0.4, 0.5) is 4.79 Å². The van der Waals surface area contributed by atoms with E-state index in [1.165, 1.54) is 0 Å². The van der Waals surface area contributed by atoms with E-state index in [4.69, 9.17) is 5.11 Å². The number of carbonyl (C=O) groups is 3. The minimum atomic E-state index is -1.17. The van der Waals surface area contributed by atoms with Crippen LogP contribution < -0.4 is 10.6 Å². The van der Waals surface area contributed by atoms with E-state index in [0.29, 0.717) is 12.6 Å². The Labute approximate surface area is 124 Å². The summed E-state index contributed by atoms with van der Waals surface area (Å²) >= 11 is 0. The third-order valence-electron chi connectivity index (χ3n) is 2.82. The molecule has 0 aliphatic rings. The van der Waals surface area contributed by atoms with Gasteiger partial charge in [0.25, 0.3) is 5.91 Å². The Hall–Kier alpha value is -1.67. The number of ether oxygens (including phenoxy) is 1. The van der Waals surface area contributed by atoms with Gasteiger partial charge in [-0.1, -0.05) is 0 Å². The van der Waals surface area contributed by atoms with Crippen molar-refractivity contribution in [2.24, 2.45) is 0 Å². The van der Waals surface area contributed by atoms with Crippen LogP contribution in [0.2, 0.25) is 0 Å². The number of hydrogen-bond acceptors (Lipinski definition) is 5. The average molecular weight is 303 g/mol. The predicted octanol–water partition coefficient (Wildman–Crippen LogP) is 0.0338. The first-order chi connectivity index (χ1) is 9.82. The van der Waals surface area contributed by atoms with E-state index in [1.807, 2.05) is 7.05 Å². The largest absolute Gasteiger partial charge is 0.480 e. The molecule has 0 aromatic heterocycles. The molecule has 0 radical (unpaired) electrons. The third kappa shape index (κ3) is 11.8. The molecule has 0 bridgehead atoms. The molecular weight excluding hydrogens is 278 g/mol. The van der Waals surface area contributed by atoms with Crippen LogP contribution in [0.3, 0.4) is 0 Å². The number of hydrogen-bond donors (Lipinski definition) is 3. The normalized spacial score (nSPS) is 10.7. The lowest BCUT2D eigenvalue weighted by molar-refractivity contribution is -0.143. The molecule has 0 aliphatic carbocycles. The minimum absolute atomic E-state index is 0.459. The van der Waals surface area contributed by atoms with Crippen LogP contribution in [0.1, 0.15) is 26.7 Å². The summed E-state index contributed by atoms with van der Waals surface area (Å²) in [5.74, 6) is -1.84. The Morgan fingerprint density at radius 2 is 1.86 bits per heavy atom. The molecule has 0 unspecified atom stereocenters. The summed E-state index contributed by atoms with van der Waals surface area (Å²) in [6.45, 7) is 4.62. The molecule has 8 nitrogen and oxygen atoms in total. The van der Waals surface area contributed by atoms with Gasteiger partial charge in [0.15, 0.2) is 0 Å². The Morgan fingerprint density at radius 3 is 2.43 bits per heavy atom. The molecule has 0 aromatic carbocycles. The van der Waals surface area contributed by atoms with Crippen LogP contribution in [0, 0.1) is 0 Å². The highest BCUT2D eigenvalue weighted by Gasteiger charge is 2.08. The average Bonchev–Trinajstić information content (AvgIpc) is 2.37. The minimum Gasteiger partial charge on any atom is -0.480 e. The maximum atomic E-state index is 11.3. The summed E-state index contributed by atoms with van der Waals surface area (Å²) in [4.78, 5) is 34.9. The van der Waals surface area contributed by atoms with E-state index in [1.54, 1.807) is 0 Å². The zero-order valence-electron chi connectivity index (χ0n) is 12.8. The van der Waals surface area contributed by atoms with Gasteiger partial charge in [-0.05, 0) is 40.3 Å². The van der Waals surface area contributed by atoms with Gasteiger partial charge in [0.2, 0.25) is 0 Å². The second-order valence-corrected chi connectivity index (χ2v) is 4.97. The summed E-state index contributed by atoms with van der Waals surface area (Å²) in [6, 6.07) is -0.110. The van der Waals surface area contributed by atoms with Gasteiger partial charge in [-0.2, -0.15) is 0 Å². The highest BCUT2D eigenvalue weighted by atomic mass is 16.5. The van der Waals surface area contributed by atoms with E-state index in [0.717, 1.165) is 19.4 Å². The second-order valence-electron chi connectivity index (χ2n) is 4.97. The van der Waals surface area contributed by atoms with E-state index in [2.05, 4.69) is 34.1 Å². The van der Waals surface area contributed by atoms with Gasteiger partial charge < -0.3 is 20.1 Å². The van der Waals surface area contributed by atoms with Crippen LogP contribution in [0.15, 0.2) is 0 Å². The Kier molecular flexibility index (Phi) is 10.2. The van der Waals surface area contributed by atoms with Gasteiger partial charge in [-0.15, -0.1) is 0 Å². The van der Waals surface area contributed by atoms with Crippen molar-refractivity contribution in [2.75, 3.05) is 33.4 Å². The number of carboxylic acid groups (broad SMARTS) is 1. The van der Waals surface area contributed by atoms with Crippen molar-refractivity contribution in [1.29, 1.82) is 0 Å². The number of aliphatic carboxylic acids is 1. The first-order valence-corrected chi connectivity index (χ1v) is 6.90. The number of imide groups is 1. The highest BCUT2D eigenvalue weighted by Crippen LogP contribution is 1.97. The Balaban J connectivity index is 3.57. The second kappa shape index (κ2) is 11.0. The first kappa shape index (κ1) is 19.3. The van der Waals surface area contributed by atoms with Crippen molar-refractivity contribution in [3.05, 3.63) is 0 Å². The molecular formula is C13H25N3O5. The molecule has 21 heavy (non-hydrogen) atoms. The van der Waals surface area contributed by atoms with Crippen molar-refractivity contribution < 1.29 is 24.2 Å².